The lowest BCUT2D eigenvalue weighted by molar-refractivity contribution is 0.120. The molecule has 0 radical (unpaired) electrons. The van der Waals surface area contributed by atoms with Crippen molar-refractivity contribution in [1.82, 2.24) is 14.4 Å². The molecule has 0 amide bonds. The van der Waals surface area contributed by atoms with Crippen LogP contribution < -0.4 is 9.47 Å². The summed E-state index contributed by atoms with van der Waals surface area (Å²) < 4.78 is 13.1. The molecule has 152 valence electrons. The third kappa shape index (κ3) is 3.90. The van der Waals surface area contributed by atoms with E-state index in [1.165, 1.54) is 11.3 Å². The lowest BCUT2D eigenvalue weighted by Crippen LogP contribution is -2.45. The van der Waals surface area contributed by atoms with Crippen molar-refractivity contribution in [2.24, 2.45) is 0 Å². The van der Waals surface area contributed by atoms with Crippen molar-refractivity contribution in [2.75, 3.05) is 33.0 Å². The van der Waals surface area contributed by atoms with E-state index in [2.05, 4.69) is 50.9 Å². The van der Waals surface area contributed by atoms with Crippen molar-refractivity contribution in [2.45, 2.75) is 13.1 Å². The summed E-state index contributed by atoms with van der Waals surface area (Å²) in [6.45, 7) is 6.36. The normalized spacial score (nSPS) is 16.5. The van der Waals surface area contributed by atoms with Crippen LogP contribution in [-0.2, 0) is 13.1 Å². The minimum Gasteiger partial charge on any atom is -0.454 e. The second kappa shape index (κ2) is 8.23. The highest BCUT2D eigenvalue weighted by molar-refractivity contribution is 5.44. The molecule has 0 aliphatic carbocycles. The number of nitriles is 1. The highest BCUT2D eigenvalue weighted by Crippen LogP contribution is 2.32. The first-order valence-electron chi connectivity index (χ1n) is 10.3. The molecule has 6 heteroatoms. The monoisotopic (exact) mass is 400 g/mol. The van der Waals surface area contributed by atoms with Gasteiger partial charge in [-0.3, -0.25) is 9.80 Å². The molecule has 6 nitrogen and oxygen atoms in total. The minimum absolute atomic E-state index is 0.321. The smallest absolute Gasteiger partial charge is 0.231 e. The van der Waals surface area contributed by atoms with Crippen molar-refractivity contribution in [1.29, 1.82) is 5.26 Å². The van der Waals surface area contributed by atoms with Gasteiger partial charge in [0.1, 0.15) is 0 Å². The largest absolute Gasteiger partial charge is 0.454 e. The highest BCUT2D eigenvalue weighted by Gasteiger charge is 2.20. The van der Waals surface area contributed by atoms with Gasteiger partial charge in [-0.15, -0.1) is 0 Å². The first kappa shape index (κ1) is 18.7. The SMILES string of the molecule is N#Cc1ccc(-n2cccc2CN2CCN(Cc3ccc4c(c3)OCO4)CC2)cc1. The molecule has 1 fully saturated rings. The predicted molar refractivity (Wildman–Crippen MR) is 114 cm³/mol. The number of fused-ring (bicyclic) bond motifs is 1. The molecule has 0 saturated carbocycles. The van der Waals surface area contributed by atoms with E-state index in [9.17, 15) is 0 Å². The Labute approximate surface area is 176 Å². The number of nitrogens with zero attached hydrogens (tertiary/aromatic N) is 4. The fraction of sp³-hybridized carbons (Fsp3) is 0.292. The molecular weight excluding hydrogens is 376 g/mol. The third-order valence-corrected chi connectivity index (χ3v) is 5.80. The van der Waals surface area contributed by atoms with Gasteiger partial charge in [-0.1, -0.05) is 6.07 Å². The molecule has 3 aromatic rings. The lowest BCUT2D eigenvalue weighted by Gasteiger charge is -2.34. The summed E-state index contributed by atoms with van der Waals surface area (Å²) in [7, 11) is 0. The summed E-state index contributed by atoms with van der Waals surface area (Å²) in [5.74, 6) is 1.70. The van der Waals surface area contributed by atoms with Crippen LogP contribution >= 0.6 is 0 Å². The fourth-order valence-corrected chi connectivity index (χ4v) is 4.13. The van der Waals surface area contributed by atoms with Gasteiger partial charge in [0.05, 0.1) is 11.6 Å². The average molecular weight is 400 g/mol. The van der Waals surface area contributed by atoms with E-state index in [0.717, 1.165) is 56.5 Å². The Morgan fingerprint density at radius 3 is 2.33 bits per heavy atom. The third-order valence-electron chi connectivity index (χ3n) is 5.80. The second-order valence-electron chi connectivity index (χ2n) is 7.77. The Morgan fingerprint density at radius 1 is 0.833 bits per heavy atom. The number of rotatable bonds is 5. The van der Waals surface area contributed by atoms with Crippen LogP contribution in [0.25, 0.3) is 5.69 Å². The molecule has 0 N–H and O–H groups in total. The molecule has 1 saturated heterocycles. The Hall–Kier alpha value is -3.27. The van der Waals surface area contributed by atoms with Crippen molar-refractivity contribution in [3.63, 3.8) is 0 Å². The van der Waals surface area contributed by atoms with Crippen molar-refractivity contribution in [3.05, 3.63) is 77.6 Å². The number of hydrogen-bond acceptors (Lipinski definition) is 5. The van der Waals surface area contributed by atoms with Gasteiger partial charge < -0.3 is 14.0 Å². The number of benzene rings is 2. The summed E-state index contributed by atoms with van der Waals surface area (Å²) in [6.07, 6.45) is 2.09. The number of aromatic nitrogens is 1. The maximum absolute atomic E-state index is 9.01. The molecule has 0 atom stereocenters. The molecular formula is C24H24N4O2. The predicted octanol–water partition coefficient (Wildman–Crippen LogP) is 3.40. The van der Waals surface area contributed by atoms with Crippen LogP contribution in [0.1, 0.15) is 16.8 Å². The first-order chi connectivity index (χ1) is 14.8. The van der Waals surface area contributed by atoms with E-state index in [1.807, 2.05) is 30.3 Å². The van der Waals surface area contributed by atoms with Crippen LogP contribution in [0.3, 0.4) is 0 Å². The highest BCUT2D eigenvalue weighted by atomic mass is 16.7. The first-order valence-corrected chi connectivity index (χ1v) is 10.3. The zero-order valence-corrected chi connectivity index (χ0v) is 16.8. The molecule has 5 rings (SSSR count). The molecule has 1 aromatic heterocycles. The summed E-state index contributed by atoms with van der Waals surface area (Å²) in [4.78, 5) is 5.00. The van der Waals surface area contributed by atoms with Crippen LogP contribution in [0.4, 0.5) is 0 Å². The Morgan fingerprint density at radius 2 is 1.57 bits per heavy atom. The molecule has 3 heterocycles. The molecule has 30 heavy (non-hydrogen) atoms. The molecule has 2 aliphatic rings. The van der Waals surface area contributed by atoms with Crippen LogP contribution in [0.2, 0.25) is 0 Å². The lowest BCUT2D eigenvalue weighted by atomic mass is 10.1. The van der Waals surface area contributed by atoms with E-state index in [4.69, 9.17) is 14.7 Å². The summed E-state index contributed by atoms with van der Waals surface area (Å²) >= 11 is 0. The number of hydrogen-bond donors (Lipinski definition) is 0. The van der Waals surface area contributed by atoms with E-state index < -0.39 is 0 Å². The van der Waals surface area contributed by atoms with Gasteiger partial charge in [0.15, 0.2) is 11.5 Å². The number of piperazine rings is 1. The Bertz CT molecular complexity index is 1060. The molecule has 0 spiro atoms. The van der Waals surface area contributed by atoms with Crippen molar-refractivity contribution in [3.8, 4) is 23.3 Å². The van der Waals surface area contributed by atoms with E-state index in [1.54, 1.807) is 0 Å². The second-order valence-corrected chi connectivity index (χ2v) is 7.77. The van der Waals surface area contributed by atoms with Crippen LogP contribution in [0.15, 0.2) is 60.8 Å². The maximum Gasteiger partial charge on any atom is 0.231 e. The fourth-order valence-electron chi connectivity index (χ4n) is 4.13. The maximum atomic E-state index is 9.01. The van der Waals surface area contributed by atoms with Gasteiger partial charge in [-0.05, 0) is 54.1 Å². The van der Waals surface area contributed by atoms with Gasteiger partial charge in [-0.25, -0.2) is 0 Å². The zero-order valence-electron chi connectivity index (χ0n) is 16.8. The standard InChI is InChI=1S/C24H24N4O2/c25-15-19-3-6-21(7-4-19)28-9-1-2-22(28)17-27-12-10-26(11-13-27)16-20-5-8-23-24(14-20)30-18-29-23/h1-9,14H,10-13,16-18H2. The quantitative estimate of drug-likeness (QED) is 0.657. The van der Waals surface area contributed by atoms with E-state index >= 15 is 0 Å². The molecule has 0 unspecified atom stereocenters. The summed E-state index contributed by atoms with van der Waals surface area (Å²) in [6, 6.07) is 20.4. The van der Waals surface area contributed by atoms with Gasteiger partial charge >= 0.3 is 0 Å². The zero-order chi connectivity index (χ0) is 20.3. The van der Waals surface area contributed by atoms with E-state index in [-0.39, 0.29) is 0 Å². The van der Waals surface area contributed by atoms with E-state index in [0.29, 0.717) is 12.4 Å². The van der Waals surface area contributed by atoms with Crippen LogP contribution in [0.5, 0.6) is 11.5 Å². The Kier molecular flexibility index (Phi) is 5.14. The van der Waals surface area contributed by atoms with Crippen LogP contribution in [0, 0.1) is 11.3 Å². The van der Waals surface area contributed by atoms with Crippen LogP contribution in [-0.4, -0.2) is 47.3 Å². The number of ether oxygens (including phenoxy) is 2. The molecule has 2 aromatic carbocycles. The summed E-state index contributed by atoms with van der Waals surface area (Å²) in [5.41, 5.74) is 4.31. The van der Waals surface area contributed by atoms with Gasteiger partial charge in [-0.2, -0.15) is 5.26 Å². The topological polar surface area (TPSA) is 53.7 Å². The summed E-state index contributed by atoms with van der Waals surface area (Å²) in [5, 5.41) is 9.01. The molecule has 2 aliphatic heterocycles. The average Bonchev–Trinajstić information content (AvgIpc) is 3.44. The van der Waals surface area contributed by atoms with Gasteiger partial charge in [0.2, 0.25) is 6.79 Å². The Balaban J connectivity index is 1.18. The van der Waals surface area contributed by atoms with Crippen molar-refractivity contribution < 1.29 is 9.47 Å². The molecule has 0 bridgehead atoms. The minimum atomic E-state index is 0.321. The van der Waals surface area contributed by atoms with Gasteiger partial charge in [0, 0.05) is 56.8 Å². The van der Waals surface area contributed by atoms with Crippen molar-refractivity contribution >= 4 is 0 Å². The van der Waals surface area contributed by atoms with Gasteiger partial charge in [0.25, 0.3) is 0 Å².